The fraction of sp³-hybridized carbons (Fsp3) is 0. The molecule has 3 nitrogen and oxygen atoms in total. The van der Waals surface area contributed by atoms with Crippen LogP contribution in [-0.2, 0) is 0 Å². The molecule has 0 spiro atoms. The molecule has 0 unspecified atom stereocenters. The first kappa shape index (κ1) is 10.8. The normalized spacial score (nSPS) is 9.36. The maximum atomic E-state index is 9.53. The molecule has 0 saturated carbocycles. The van der Waals surface area contributed by atoms with Crippen molar-refractivity contribution in [3.63, 3.8) is 0 Å². The quantitative estimate of drug-likeness (QED) is 0.464. The monoisotopic (exact) mass is 212 g/mol. The van der Waals surface area contributed by atoms with Crippen molar-refractivity contribution >= 4 is 22.4 Å². The first-order chi connectivity index (χ1) is 6.79. The van der Waals surface area contributed by atoms with Crippen LogP contribution in [0, 0.1) is 0 Å². The minimum absolute atomic E-state index is 0.162. The number of fused-ring (bicyclic) bond motifs is 1. The third kappa shape index (κ3) is 1.96. The molecule has 2 aromatic rings. The zero-order valence-corrected chi connectivity index (χ0v) is 7.94. The van der Waals surface area contributed by atoms with Gasteiger partial charge in [0.1, 0.15) is 5.75 Å². The lowest BCUT2D eigenvalue weighted by Gasteiger charge is -2.01. The summed E-state index contributed by atoms with van der Waals surface area (Å²) >= 11 is 5.74. The van der Waals surface area contributed by atoms with Gasteiger partial charge in [-0.25, -0.2) is 0 Å². The van der Waals surface area contributed by atoms with Gasteiger partial charge in [-0.2, -0.15) is 0 Å². The molecule has 2 rings (SSSR count). The van der Waals surface area contributed by atoms with Gasteiger partial charge in [0.2, 0.25) is 0 Å². The number of halogens is 1. The number of phenolic OH excluding ortho intramolecular Hbond substituents is 1. The molecule has 0 saturated heterocycles. The number of aromatic hydroxyl groups is 1. The zero-order valence-electron chi connectivity index (χ0n) is 7.18. The van der Waals surface area contributed by atoms with Gasteiger partial charge in [-0.15, -0.1) is 0 Å². The lowest BCUT2D eigenvalue weighted by Crippen LogP contribution is -1.73. The second-order valence-electron chi connectivity index (χ2n) is 2.62. The maximum Gasteiger partial charge on any atom is 0.141 e. The third-order valence-electron chi connectivity index (χ3n) is 1.85. The van der Waals surface area contributed by atoms with E-state index in [1.54, 1.807) is 6.07 Å². The zero-order chi connectivity index (χ0) is 10.6. The molecule has 0 bridgehead atoms. The highest BCUT2D eigenvalue weighted by atomic mass is 35.5. The molecule has 0 fully saturated rings. The Labute approximate surface area is 85.7 Å². The lowest BCUT2D eigenvalue weighted by molar-refractivity contribution is -0.176. The van der Waals surface area contributed by atoms with Crippen LogP contribution in [0.1, 0.15) is 0 Å². The second-order valence-corrected chi connectivity index (χ2v) is 3.02. The molecule has 0 atom stereocenters. The summed E-state index contributed by atoms with van der Waals surface area (Å²) < 4.78 is 0. The molecule has 74 valence electrons. The summed E-state index contributed by atoms with van der Waals surface area (Å²) in [7, 11) is 0. The second kappa shape index (κ2) is 4.81. The molecule has 0 heterocycles. The molecule has 0 amide bonds. The molecule has 2 aromatic carbocycles. The van der Waals surface area contributed by atoms with E-state index in [2.05, 4.69) is 0 Å². The summed E-state index contributed by atoms with van der Waals surface area (Å²) in [6, 6.07) is 11.2. The van der Waals surface area contributed by atoms with Crippen molar-refractivity contribution in [3.8, 4) is 5.75 Å². The van der Waals surface area contributed by atoms with Crippen LogP contribution in [0.4, 0.5) is 0 Å². The molecule has 0 aliphatic rings. The van der Waals surface area contributed by atoms with Gasteiger partial charge >= 0.3 is 0 Å². The molecule has 4 heteroatoms. The van der Waals surface area contributed by atoms with E-state index in [0.717, 1.165) is 10.8 Å². The van der Waals surface area contributed by atoms with Gasteiger partial charge < -0.3 is 5.11 Å². The van der Waals surface area contributed by atoms with Crippen molar-refractivity contribution in [1.82, 2.24) is 0 Å². The number of phenols is 1. The Morgan fingerprint density at radius 3 is 2.29 bits per heavy atom. The van der Waals surface area contributed by atoms with E-state index in [0.29, 0.717) is 5.02 Å². The number of hydrogen-bond acceptors (Lipinski definition) is 3. The Balaban J connectivity index is 0.000000461. The Morgan fingerprint density at radius 2 is 1.57 bits per heavy atom. The van der Waals surface area contributed by atoms with E-state index in [4.69, 9.17) is 22.1 Å². The molecule has 3 N–H and O–H groups in total. The number of hydrogen-bond donors (Lipinski definition) is 3. The van der Waals surface area contributed by atoms with Crippen LogP contribution in [0.25, 0.3) is 10.8 Å². The fourth-order valence-corrected chi connectivity index (χ4v) is 1.39. The van der Waals surface area contributed by atoms with Gasteiger partial charge in [-0.1, -0.05) is 41.9 Å². The summed E-state index contributed by atoms with van der Waals surface area (Å²) in [6.45, 7) is 0. The molecular weight excluding hydrogens is 204 g/mol. The van der Waals surface area contributed by atoms with E-state index in [9.17, 15) is 5.11 Å². The van der Waals surface area contributed by atoms with E-state index < -0.39 is 0 Å². The van der Waals surface area contributed by atoms with E-state index in [-0.39, 0.29) is 5.75 Å². The van der Waals surface area contributed by atoms with Crippen molar-refractivity contribution in [2.45, 2.75) is 0 Å². The Hall–Kier alpha value is -1.29. The molecule has 0 radical (unpaired) electrons. The van der Waals surface area contributed by atoms with Gasteiger partial charge in [0.05, 0.1) is 5.02 Å². The standard InChI is InChI=1S/C10H7ClO.H2O2/c11-9-6-5-7-3-1-2-4-8(7)10(9)12;1-2/h1-6,12H;1-2H. The van der Waals surface area contributed by atoms with E-state index in [1.807, 2.05) is 30.3 Å². The summed E-state index contributed by atoms with van der Waals surface area (Å²) in [5.41, 5.74) is 0. The Morgan fingerprint density at radius 1 is 0.929 bits per heavy atom. The summed E-state index contributed by atoms with van der Waals surface area (Å²) in [6.07, 6.45) is 0. The van der Waals surface area contributed by atoms with Crippen LogP contribution < -0.4 is 0 Å². The van der Waals surface area contributed by atoms with Gasteiger partial charge in [0.25, 0.3) is 0 Å². The molecule has 0 aliphatic carbocycles. The van der Waals surface area contributed by atoms with Gasteiger partial charge in [-0.05, 0) is 11.5 Å². The summed E-state index contributed by atoms with van der Waals surface area (Å²) in [5, 5.41) is 23.7. The summed E-state index contributed by atoms with van der Waals surface area (Å²) in [5.74, 6) is 0.162. The lowest BCUT2D eigenvalue weighted by atomic mass is 10.1. The van der Waals surface area contributed by atoms with E-state index >= 15 is 0 Å². The Kier molecular flexibility index (Phi) is 3.71. The van der Waals surface area contributed by atoms with Crippen LogP contribution in [-0.4, -0.2) is 15.6 Å². The van der Waals surface area contributed by atoms with Crippen LogP contribution in [0.5, 0.6) is 5.75 Å². The molecule has 0 aliphatic heterocycles. The minimum atomic E-state index is 0.162. The predicted octanol–water partition coefficient (Wildman–Crippen LogP) is 3.22. The smallest absolute Gasteiger partial charge is 0.141 e. The first-order valence-electron chi connectivity index (χ1n) is 3.85. The number of rotatable bonds is 0. The van der Waals surface area contributed by atoms with Gasteiger partial charge in [-0.3, -0.25) is 10.5 Å². The average molecular weight is 213 g/mol. The van der Waals surface area contributed by atoms with Crippen molar-refractivity contribution in [3.05, 3.63) is 41.4 Å². The largest absolute Gasteiger partial charge is 0.506 e. The average Bonchev–Trinajstić information content (AvgIpc) is 2.27. The van der Waals surface area contributed by atoms with Crippen molar-refractivity contribution < 1.29 is 15.6 Å². The first-order valence-corrected chi connectivity index (χ1v) is 4.23. The highest BCUT2D eigenvalue weighted by Crippen LogP contribution is 2.31. The van der Waals surface area contributed by atoms with Crippen molar-refractivity contribution in [2.24, 2.45) is 0 Å². The highest BCUT2D eigenvalue weighted by molar-refractivity contribution is 6.33. The van der Waals surface area contributed by atoms with Gasteiger partial charge in [0.15, 0.2) is 0 Å². The Bertz CT molecular complexity index is 429. The topological polar surface area (TPSA) is 60.7 Å². The fourth-order valence-electron chi connectivity index (χ4n) is 1.23. The van der Waals surface area contributed by atoms with Crippen LogP contribution in [0.3, 0.4) is 0 Å². The van der Waals surface area contributed by atoms with E-state index in [1.165, 1.54) is 0 Å². The van der Waals surface area contributed by atoms with Gasteiger partial charge in [0, 0.05) is 5.39 Å². The van der Waals surface area contributed by atoms with Crippen molar-refractivity contribution in [2.75, 3.05) is 0 Å². The molecule has 0 aromatic heterocycles. The minimum Gasteiger partial charge on any atom is -0.506 e. The number of benzene rings is 2. The van der Waals surface area contributed by atoms with Crippen LogP contribution in [0.2, 0.25) is 5.02 Å². The highest BCUT2D eigenvalue weighted by Gasteiger charge is 2.01. The van der Waals surface area contributed by atoms with Crippen LogP contribution in [0.15, 0.2) is 36.4 Å². The molecule has 14 heavy (non-hydrogen) atoms. The SMILES string of the molecule is OO.Oc1c(Cl)ccc2ccccc12. The third-order valence-corrected chi connectivity index (χ3v) is 2.16. The molecular formula is C10H9ClO3. The predicted molar refractivity (Wildman–Crippen MR) is 55.9 cm³/mol. The van der Waals surface area contributed by atoms with Crippen LogP contribution >= 0.6 is 11.6 Å². The maximum absolute atomic E-state index is 9.53. The summed E-state index contributed by atoms with van der Waals surface area (Å²) in [4.78, 5) is 0. The van der Waals surface area contributed by atoms with Crippen molar-refractivity contribution in [1.29, 1.82) is 0 Å².